The van der Waals surface area contributed by atoms with Crippen LogP contribution in [-0.4, -0.2) is 19.7 Å². The third kappa shape index (κ3) is 2.16. The molecule has 0 saturated carbocycles. The van der Waals surface area contributed by atoms with Crippen LogP contribution < -0.4 is 0 Å². The summed E-state index contributed by atoms with van der Waals surface area (Å²) in [5.41, 5.74) is 3.24. The van der Waals surface area contributed by atoms with Crippen LogP contribution in [0.1, 0.15) is 12.2 Å². The van der Waals surface area contributed by atoms with Gasteiger partial charge in [-0.15, -0.1) is 0 Å². The molecule has 0 atom stereocenters. The summed E-state index contributed by atoms with van der Waals surface area (Å²) in [6, 6.07) is 7.78. The molecule has 7 heteroatoms. The monoisotopic (exact) mass is 354 g/mol. The molecule has 0 saturated heterocycles. The Hall–Kier alpha value is -3.09. The molecule has 26 heavy (non-hydrogen) atoms. The lowest BCUT2D eigenvalue weighted by molar-refractivity contribution is 0.447. The van der Waals surface area contributed by atoms with Crippen molar-refractivity contribution in [2.24, 2.45) is 0 Å². The first-order chi connectivity index (χ1) is 12.6. The summed E-state index contributed by atoms with van der Waals surface area (Å²) in [4.78, 5) is 4.60. The Labute approximate surface area is 146 Å². The second-order valence-electron chi connectivity index (χ2n) is 6.41. The molecular weight excluding hydrogens is 341 g/mol. The summed E-state index contributed by atoms with van der Waals surface area (Å²) in [5.74, 6) is -3.04. The zero-order chi connectivity index (χ0) is 17.8. The van der Waals surface area contributed by atoms with E-state index in [1.54, 1.807) is 6.20 Å². The number of aryl methyl sites for hydroxylation is 1. The molecule has 1 aliphatic heterocycles. The molecule has 0 radical (unpaired) electrons. The van der Waals surface area contributed by atoms with Gasteiger partial charge < -0.3 is 4.57 Å². The van der Waals surface area contributed by atoms with Gasteiger partial charge in [0.15, 0.2) is 17.5 Å². The third-order valence-corrected chi connectivity index (χ3v) is 4.80. The predicted molar refractivity (Wildman–Crippen MR) is 90.9 cm³/mol. The number of nitrogens with one attached hydrogen (secondary N) is 1. The number of aromatic nitrogens is 4. The van der Waals surface area contributed by atoms with Gasteiger partial charge in [0.1, 0.15) is 5.82 Å². The largest absolute Gasteiger partial charge is 0.327 e. The standard InChI is InChI=1S/C19H13F3N4/c20-13-7-11(8-14(21)17(13)22)18-19(26-5-1-2-16(26)24-18)10-3-4-15-12(6-10)9-23-25-15/h3-4,6-9H,1-2,5H2,(H,23,25). The molecule has 0 unspecified atom stereocenters. The molecule has 0 spiro atoms. The minimum Gasteiger partial charge on any atom is -0.327 e. The van der Waals surface area contributed by atoms with E-state index in [4.69, 9.17) is 0 Å². The molecule has 1 N–H and O–H groups in total. The van der Waals surface area contributed by atoms with Crippen LogP contribution in [-0.2, 0) is 13.0 Å². The third-order valence-electron chi connectivity index (χ3n) is 4.80. The molecule has 2 aromatic heterocycles. The first-order valence-electron chi connectivity index (χ1n) is 8.29. The zero-order valence-corrected chi connectivity index (χ0v) is 13.6. The van der Waals surface area contributed by atoms with Crippen molar-refractivity contribution in [2.45, 2.75) is 19.4 Å². The highest BCUT2D eigenvalue weighted by atomic mass is 19.2. The Balaban J connectivity index is 1.77. The molecule has 4 aromatic rings. The van der Waals surface area contributed by atoms with Crippen LogP contribution in [0.5, 0.6) is 0 Å². The van der Waals surface area contributed by atoms with Crippen LogP contribution in [0.4, 0.5) is 13.2 Å². The summed E-state index contributed by atoms with van der Waals surface area (Å²) in [7, 11) is 0. The number of hydrogen-bond acceptors (Lipinski definition) is 2. The molecule has 130 valence electrons. The Morgan fingerprint density at radius 3 is 2.62 bits per heavy atom. The van der Waals surface area contributed by atoms with Crippen molar-refractivity contribution in [2.75, 3.05) is 0 Å². The van der Waals surface area contributed by atoms with Gasteiger partial charge in [-0.25, -0.2) is 18.2 Å². The van der Waals surface area contributed by atoms with Crippen molar-refractivity contribution in [1.29, 1.82) is 0 Å². The molecule has 5 rings (SSSR count). The smallest absolute Gasteiger partial charge is 0.194 e. The maximum absolute atomic E-state index is 13.8. The normalized spacial score (nSPS) is 13.5. The molecular formula is C19H13F3N4. The Bertz CT molecular complexity index is 1140. The summed E-state index contributed by atoms with van der Waals surface area (Å²) in [6.45, 7) is 0.785. The fourth-order valence-electron chi connectivity index (χ4n) is 3.60. The van der Waals surface area contributed by atoms with Crippen LogP contribution in [0.3, 0.4) is 0 Å². The molecule has 0 fully saturated rings. The van der Waals surface area contributed by atoms with Gasteiger partial charge in [-0.2, -0.15) is 5.10 Å². The maximum atomic E-state index is 13.8. The van der Waals surface area contributed by atoms with E-state index in [0.717, 1.165) is 59.5 Å². The highest BCUT2D eigenvalue weighted by molar-refractivity contribution is 5.87. The number of fused-ring (bicyclic) bond motifs is 2. The van der Waals surface area contributed by atoms with Crippen LogP contribution in [0.25, 0.3) is 33.4 Å². The van der Waals surface area contributed by atoms with E-state index in [-0.39, 0.29) is 5.56 Å². The Morgan fingerprint density at radius 2 is 1.81 bits per heavy atom. The average Bonchev–Trinajstić information content (AvgIpc) is 3.33. The van der Waals surface area contributed by atoms with Gasteiger partial charge in [0.2, 0.25) is 0 Å². The van der Waals surface area contributed by atoms with Crippen molar-refractivity contribution in [3.63, 3.8) is 0 Å². The van der Waals surface area contributed by atoms with Gasteiger partial charge in [0.05, 0.1) is 23.1 Å². The molecule has 0 aliphatic carbocycles. The first kappa shape index (κ1) is 15.2. The van der Waals surface area contributed by atoms with Gasteiger partial charge in [-0.3, -0.25) is 5.10 Å². The van der Waals surface area contributed by atoms with E-state index < -0.39 is 17.5 Å². The van der Waals surface area contributed by atoms with Gasteiger partial charge in [-0.05, 0) is 30.7 Å². The second kappa shape index (κ2) is 5.45. The van der Waals surface area contributed by atoms with Crippen LogP contribution in [0.2, 0.25) is 0 Å². The topological polar surface area (TPSA) is 46.5 Å². The minimum absolute atomic E-state index is 0.227. The summed E-state index contributed by atoms with van der Waals surface area (Å²) in [6.07, 6.45) is 3.49. The van der Waals surface area contributed by atoms with Crippen molar-refractivity contribution in [3.05, 3.63) is 59.8 Å². The van der Waals surface area contributed by atoms with Crippen molar-refractivity contribution < 1.29 is 13.2 Å². The number of hydrogen-bond donors (Lipinski definition) is 1. The number of benzene rings is 2. The lowest BCUT2D eigenvalue weighted by Gasteiger charge is -2.09. The fourth-order valence-corrected chi connectivity index (χ4v) is 3.60. The van der Waals surface area contributed by atoms with E-state index in [1.807, 2.05) is 18.2 Å². The molecule has 1 aliphatic rings. The van der Waals surface area contributed by atoms with Crippen LogP contribution in [0.15, 0.2) is 36.5 Å². The molecule has 0 bridgehead atoms. The van der Waals surface area contributed by atoms with Crippen LogP contribution >= 0.6 is 0 Å². The quantitative estimate of drug-likeness (QED) is 0.541. The molecule has 3 heterocycles. The number of rotatable bonds is 2. The van der Waals surface area contributed by atoms with E-state index >= 15 is 0 Å². The van der Waals surface area contributed by atoms with E-state index in [1.165, 1.54) is 0 Å². The number of nitrogens with zero attached hydrogens (tertiary/aromatic N) is 3. The van der Waals surface area contributed by atoms with Gasteiger partial charge in [-0.1, -0.05) is 6.07 Å². The summed E-state index contributed by atoms with van der Waals surface area (Å²) >= 11 is 0. The van der Waals surface area contributed by atoms with E-state index in [2.05, 4.69) is 19.7 Å². The van der Waals surface area contributed by atoms with Crippen molar-refractivity contribution >= 4 is 10.9 Å². The highest BCUT2D eigenvalue weighted by Gasteiger charge is 2.25. The number of halogens is 3. The first-order valence-corrected chi connectivity index (χ1v) is 8.29. The van der Waals surface area contributed by atoms with Gasteiger partial charge >= 0.3 is 0 Å². The minimum atomic E-state index is -1.47. The highest BCUT2D eigenvalue weighted by Crippen LogP contribution is 2.37. The SMILES string of the molecule is Fc1cc(-c2nc3n(c2-c2ccc4[nH]ncc4c2)CCC3)cc(F)c1F. The molecule has 0 amide bonds. The fraction of sp³-hybridized carbons (Fsp3) is 0.158. The van der Waals surface area contributed by atoms with E-state index in [9.17, 15) is 13.2 Å². The van der Waals surface area contributed by atoms with Crippen molar-refractivity contribution in [3.8, 4) is 22.5 Å². The lowest BCUT2D eigenvalue weighted by Crippen LogP contribution is -1.97. The number of aromatic amines is 1. The summed E-state index contributed by atoms with van der Waals surface area (Å²) in [5, 5.41) is 7.85. The maximum Gasteiger partial charge on any atom is 0.194 e. The van der Waals surface area contributed by atoms with Crippen molar-refractivity contribution in [1.82, 2.24) is 19.7 Å². The molecule has 4 nitrogen and oxygen atoms in total. The van der Waals surface area contributed by atoms with Gasteiger partial charge in [0.25, 0.3) is 0 Å². The number of H-pyrrole nitrogens is 1. The Kier molecular flexibility index (Phi) is 3.19. The van der Waals surface area contributed by atoms with Gasteiger partial charge in [0, 0.05) is 29.5 Å². The molecule has 2 aromatic carbocycles. The Morgan fingerprint density at radius 1 is 1.00 bits per heavy atom. The predicted octanol–water partition coefficient (Wildman–Crippen LogP) is 4.46. The average molecular weight is 354 g/mol. The lowest BCUT2D eigenvalue weighted by atomic mass is 10.0. The van der Waals surface area contributed by atoms with E-state index in [0.29, 0.717) is 5.69 Å². The summed E-state index contributed by atoms with van der Waals surface area (Å²) < 4.78 is 43.0. The second-order valence-corrected chi connectivity index (χ2v) is 6.41. The zero-order valence-electron chi connectivity index (χ0n) is 13.6. The number of imidazole rings is 1. The van der Waals surface area contributed by atoms with Crippen LogP contribution in [0, 0.1) is 17.5 Å².